The normalized spacial score (nSPS) is 28.1. The standard InChI is InChI=1S/C39H55N3O7/c1-7-9-20-31(44)40(6)26(5)34(27-16-12-10-13-17-27)48-38(47)32-30-21-22-39(49-30)33(32)36(45)42(29(24-43)25(3)4)35(39)37(46)41(23-8-2)28-18-14-11-15-19-28/h7-8,10,12-13,16-17,25-26,28-30,32-35,43H,1-2,9,11,14-15,18-24H2,3-6H3/t26-,29-,30+,32-,33-,34+,35+,39-/m0/s1. The second-order valence-electron chi connectivity index (χ2n) is 14.7. The zero-order valence-electron chi connectivity index (χ0n) is 29.7. The highest BCUT2D eigenvalue weighted by atomic mass is 16.6. The van der Waals surface area contributed by atoms with Gasteiger partial charge in [-0.25, -0.2) is 0 Å². The maximum Gasteiger partial charge on any atom is 0.313 e. The first-order chi connectivity index (χ1) is 23.5. The minimum atomic E-state index is -1.22. The molecule has 10 nitrogen and oxygen atoms in total. The van der Waals surface area contributed by atoms with Crippen LogP contribution in [0.2, 0.25) is 0 Å². The van der Waals surface area contributed by atoms with E-state index < -0.39 is 53.7 Å². The fourth-order valence-corrected chi connectivity index (χ4v) is 8.85. The Hall–Kier alpha value is -3.50. The van der Waals surface area contributed by atoms with Gasteiger partial charge in [0.1, 0.15) is 17.7 Å². The third-order valence-electron chi connectivity index (χ3n) is 11.6. The Labute approximate surface area is 291 Å². The summed E-state index contributed by atoms with van der Waals surface area (Å²) in [6.07, 6.45) is 8.75. The van der Waals surface area contributed by atoms with E-state index in [0.29, 0.717) is 25.8 Å². The Bertz CT molecular complexity index is 1380. The van der Waals surface area contributed by atoms with Gasteiger partial charge < -0.3 is 29.3 Å². The highest BCUT2D eigenvalue weighted by Gasteiger charge is 2.76. The Morgan fingerprint density at radius 1 is 1.08 bits per heavy atom. The largest absolute Gasteiger partial charge is 0.455 e. The van der Waals surface area contributed by atoms with Crippen LogP contribution in [0.25, 0.3) is 0 Å². The molecule has 1 aromatic carbocycles. The summed E-state index contributed by atoms with van der Waals surface area (Å²) in [5, 5.41) is 10.6. The molecule has 2 bridgehead atoms. The van der Waals surface area contributed by atoms with Gasteiger partial charge in [-0.2, -0.15) is 0 Å². The average molecular weight is 678 g/mol. The van der Waals surface area contributed by atoms with E-state index in [-0.39, 0.29) is 42.7 Å². The summed E-state index contributed by atoms with van der Waals surface area (Å²) in [4.78, 5) is 62.1. The number of nitrogens with zero attached hydrogens (tertiary/aromatic N) is 3. The first kappa shape index (κ1) is 36.8. The first-order valence-electron chi connectivity index (χ1n) is 18.2. The lowest BCUT2D eigenvalue weighted by atomic mass is 9.70. The molecule has 3 heterocycles. The molecule has 3 aliphatic heterocycles. The van der Waals surface area contributed by atoms with Gasteiger partial charge in [-0.3, -0.25) is 19.2 Å². The van der Waals surface area contributed by atoms with Crippen LogP contribution in [0.5, 0.6) is 0 Å². The number of hydrogen-bond acceptors (Lipinski definition) is 7. The van der Waals surface area contributed by atoms with Crippen molar-refractivity contribution in [3.8, 4) is 0 Å². The van der Waals surface area contributed by atoms with Gasteiger partial charge in [0.15, 0.2) is 0 Å². The van der Waals surface area contributed by atoms with Crippen LogP contribution in [0.4, 0.5) is 0 Å². The fourth-order valence-electron chi connectivity index (χ4n) is 8.85. The molecule has 1 saturated carbocycles. The molecule has 1 aliphatic carbocycles. The number of aliphatic hydroxyl groups excluding tert-OH is 1. The summed E-state index contributed by atoms with van der Waals surface area (Å²) < 4.78 is 13.1. The molecule has 3 amide bonds. The van der Waals surface area contributed by atoms with Gasteiger partial charge in [-0.15, -0.1) is 13.2 Å². The molecule has 0 radical (unpaired) electrons. The van der Waals surface area contributed by atoms with Gasteiger partial charge in [0.2, 0.25) is 17.7 Å². The van der Waals surface area contributed by atoms with Gasteiger partial charge in [-0.1, -0.05) is 75.6 Å². The van der Waals surface area contributed by atoms with Crippen molar-refractivity contribution in [3.63, 3.8) is 0 Å². The van der Waals surface area contributed by atoms with Crippen molar-refractivity contribution in [3.05, 3.63) is 61.2 Å². The van der Waals surface area contributed by atoms with Crippen LogP contribution >= 0.6 is 0 Å². The number of amides is 3. The van der Waals surface area contributed by atoms with Crippen LogP contribution in [-0.4, -0.2) is 99.6 Å². The van der Waals surface area contributed by atoms with Crippen LogP contribution in [0.1, 0.15) is 90.2 Å². The van der Waals surface area contributed by atoms with E-state index >= 15 is 0 Å². The van der Waals surface area contributed by atoms with Crippen molar-refractivity contribution in [1.82, 2.24) is 14.7 Å². The van der Waals surface area contributed by atoms with E-state index in [1.807, 2.05) is 56.0 Å². The summed E-state index contributed by atoms with van der Waals surface area (Å²) >= 11 is 0. The predicted octanol–water partition coefficient (Wildman–Crippen LogP) is 4.82. The highest BCUT2D eigenvalue weighted by molar-refractivity contribution is 5.98. The van der Waals surface area contributed by atoms with Crippen molar-refractivity contribution in [2.45, 2.75) is 121 Å². The lowest BCUT2D eigenvalue weighted by molar-refractivity contribution is -0.165. The Morgan fingerprint density at radius 3 is 2.39 bits per heavy atom. The van der Waals surface area contributed by atoms with E-state index in [2.05, 4.69) is 13.2 Å². The average Bonchev–Trinajstić information content (AvgIpc) is 3.76. The number of carbonyl (C=O) groups excluding carboxylic acids is 4. The summed E-state index contributed by atoms with van der Waals surface area (Å²) in [6.45, 7) is 13.4. The first-order valence-corrected chi connectivity index (χ1v) is 18.2. The van der Waals surface area contributed by atoms with E-state index in [4.69, 9.17) is 9.47 Å². The molecule has 0 aromatic heterocycles. The molecule has 3 saturated heterocycles. The maximum atomic E-state index is 14.9. The molecule has 1 spiro atoms. The molecular weight excluding hydrogens is 622 g/mol. The minimum absolute atomic E-state index is 0.0249. The second-order valence-corrected chi connectivity index (χ2v) is 14.7. The molecule has 5 rings (SSSR count). The summed E-state index contributed by atoms with van der Waals surface area (Å²) in [5.74, 6) is -3.24. The van der Waals surface area contributed by atoms with Crippen LogP contribution in [0, 0.1) is 17.8 Å². The molecule has 49 heavy (non-hydrogen) atoms. The molecule has 4 fully saturated rings. The SMILES string of the molecule is C=CCCC(=O)N(C)[C@@H](C)[C@@H](OC(=O)[C@@H]1[C@H]2C(=O)N([C@@H](CO)C(C)C)[C@H](C(=O)N(CC=C)C3CCCCC3)[C@]23CC[C@H]1O3)c1ccccc1. The molecule has 268 valence electrons. The Kier molecular flexibility index (Phi) is 11.7. The lowest BCUT2D eigenvalue weighted by Crippen LogP contribution is -2.61. The lowest BCUT2D eigenvalue weighted by Gasteiger charge is -2.43. The predicted molar refractivity (Wildman–Crippen MR) is 186 cm³/mol. The van der Waals surface area contributed by atoms with Crippen LogP contribution < -0.4 is 0 Å². The van der Waals surface area contributed by atoms with Crippen LogP contribution in [-0.2, 0) is 28.7 Å². The Morgan fingerprint density at radius 2 is 1.78 bits per heavy atom. The number of hydrogen-bond donors (Lipinski definition) is 1. The van der Waals surface area contributed by atoms with Crippen LogP contribution in [0.15, 0.2) is 55.6 Å². The number of aliphatic hydroxyl groups is 1. The van der Waals surface area contributed by atoms with Crippen molar-refractivity contribution >= 4 is 23.7 Å². The Balaban J connectivity index is 1.50. The molecule has 0 unspecified atom stereocenters. The van der Waals surface area contributed by atoms with E-state index in [1.54, 1.807) is 29.0 Å². The molecule has 10 heteroatoms. The summed E-state index contributed by atoms with van der Waals surface area (Å²) in [5.41, 5.74) is -0.491. The number of likely N-dealkylation sites (tertiary alicyclic amines) is 1. The zero-order chi connectivity index (χ0) is 35.5. The smallest absolute Gasteiger partial charge is 0.313 e. The number of likely N-dealkylation sites (N-methyl/N-ethyl adjacent to an activating group) is 1. The zero-order valence-corrected chi connectivity index (χ0v) is 29.7. The number of carbonyl (C=O) groups is 4. The topological polar surface area (TPSA) is 117 Å². The van der Waals surface area contributed by atoms with Gasteiger partial charge in [0.05, 0.1) is 36.6 Å². The third-order valence-corrected chi connectivity index (χ3v) is 11.6. The quantitative estimate of drug-likeness (QED) is 0.209. The maximum absolute atomic E-state index is 14.9. The summed E-state index contributed by atoms with van der Waals surface area (Å²) in [7, 11) is 1.70. The number of allylic oxidation sites excluding steroid dienone is 1. The van der Waals surface area contributed by atoms with E-state index in [1.165, 1.54) is 0 Å². The number of ether oxygens (including phenoxy) is 2. The van der Waals surface area contributed by atoms with E-state index in [9.17, 15) is 24.3 Å². The van der Waals surface area contributed by atoms with Gasteiger partial charge in [0, 0.05) is 26.1 Å². The van der Waals surface area contributed by atoms with Gasteiger partial charge >= 0.3 is 5.97 Å². The molecular formula is C39H55N3O7. The monoisotopic (exact) mass is 677 g/mol. The van der Waals surface area contributed by atoms with Crippen LogP contribution in [0.3, 0.4) is 0 Å². The molecule has 1 aromatic rings. The number of fused-ring (bicyclic) bond motifs is 1. The number of rotatable bonds is 15. The third kappa shape index (κ3) is 6.83. The fraction of sp³-hybridized carbons (Fsp3) is 0.641. The van der Waals surface area contributed by atoms with Crippen molar-refractivity contribution in [1.29, 1.82) is 0 Å². The number of benzene rings is 1. The second kappa shape index (κ2) is 15.6. The van der Waals surface area contributed by atoms with E-state index in [0.717, 1.165) is 37.7 Å². The summed E-state index contributed by atoms with van der Waals surface area (Å²) in [6, 6.07) is 7.21. The van der Waals surface area contributed by atoms with Crippen molar-refractivity contribution in [2.75, 3.05) is 20.2 Å². The van der Waals surface area contributed by atoms with Crippen molar-refractivity contribution in [2.24, 2.45) is 17.8 Å². The minimum Gasteiger partial charge on any atom is -0.455 e. The molecule has 1 N–H and O–H groups in total. The van der Waals surface area contributed by atoms with Crippen molar-refractivity contribution < 1.29 is 33.8 Å². The highest BCUT2D eigenvalue weighted by Crippen LogP contribution is 2.59. The van der Waals surface area contributed by atoms with Gasteiger partial charge in [-0.05, 0) is 50.5 Å². The molecule has 8 atom stereocenters. The van der Waals surface area contributed by atoms with Gasteiger partial charge in [0.25, 0.3) is 0 Å². The number of esters is 1. The molecule has 4 aliphatic rings.